The second-order valence-electron chi connectivity index (χ2n) is 6.35. The molecule has 0 bridgehead atoms. The van der Waals surface area contributed by atoms with E-state index in [1.807, 2.05) is 23.6 Å². The van der Waals surface area contributed by atoms with E-state index in [9.17, 15) is 4.39 Å². The first-order chi connectivity index (χ1) is 13.1. The molecule has 0 amide bonds. The molecule has 0 saturated carbocycles. The molecule has 2 N–H and O–H groups in total. The van der Waals surface area contributed by atoms with Gasteiger partial charge in [-0.1, -0.05) is 0 Å². The Labute approximate surface area is 155 Å². The molecular weight excluding hydrogens is 349 g/mol. The predicted molar refractivity (Wildman–Crippen MR) is 97.9 cm³/mol. The lowest BCUT2D eigenvalue weighted by Gasteiger charge is -2.10. The predicted octanol–water partition coefficient (Wildman–Crippen LogP) is 2.59. The number of imidazole rings is 1. The molecule has 8 heteroatoms. The van der Waals surface area contributed by atoms with E-state index in [2.05, 4.69) is 20.9 Å². The minimum atomic E-state index is -0.871. The minimum absolute atomic E-state index is 0.0249. The number of aromatic nitrogens is 4. The lowest BCUT2D eigenvalue weighted by molar-refractivity contribution is 0.174. The van der Waals surface area contributed by atoms with Crippen molar-refractivity contribution in [2.24, 2.45) is 0 Å². The van der Waals surface area contributed by atoms with E-state index in [1.165, 1.54) is 0 Å². The molecule has 0 fully saturated rings. The van der Waals surface area contributed by atoms with Crippen molar-refractivity contribution in [3.63, 3.8) is 0 Å². The van der Waals surface area contributed by atoms with Gasteiger partial charge in [-0.15, -0.1) is 12.3 Å². The number of hydrogen-bond donors (Lipinski definition) is 1. The number of nitrogens with two attached hydrogens (primary N) is 1. The van der Waals surface area contributed by atoms with Gasteiger partial charge >= 0.3 is 6.08 Å². The van der Waals surface area contributed by atoms with Crippen molar-refractivity contribution < 1.29 is 13.9 Å². The van der Waals surface area contributed by atoms with E-state index >= 15 is 0 Å². The lowest BCUT2D eigenvalue weighted by Crippen LogP contribution is -2.07. The standard InChI is InChI=1S/C19H18FN5O2/c1-3-4-5-6-25-15(22-16-17(21)23-19(20)24-18(16)25)9-12-8-14-13(7-11(12)2)26-10-27-14/h1,7-8H,4-6,9-10H2,2H3,(H2,21,23,24). The summed E-state index contributed by atoms with van der Waals surface area (Å²) < 4.78 is 26.5. The molecule has 3 heterocycles. The fraction of sp³-hybridized carbons (Fsp3) is 0.316. The third-order valence-electron chi connectivity index (χ3n) is 4.56. The molecule has 0 aliphatic carbocycles. The number of anilines is 1. The highest BCUT2D eigenvalue weighted by atomic mass is 19.1. The molecule has 1 aromatic carbocycles. The summed E-state index contributed by atoms with van der Waals surface area (Å²) in [6.45, 7) is 2.78. The summed E-state index contributed by atoms with van der Waals surface area (Å²) in [4.78, 5) is 12.1. The first kappa shape index (κ1) is 17.1. The molecule has 1 aliphatic rings. The van der Waals surface area contributed by atoms with Crippen molar-refractivity contribution in [3.05, 3.63) is 35.2 Å². The van der Waals surface area contributed by atoms with Crippen LogP contribution in [0, 0.1) is 25.3 Å². The number of aryl methyl sites for hydroxylation is 2. The monoisotopic (exact) mass is 367 g/mol. The number of hydrogen-bond acceptors (Lipinski definition) is 6. The van der Waals surface area contributed by atoms with E-state index in [0.717, 1.165) is 29.1 Å². The Hall–Kier alpha value is -3.34. The van der Waals surface area contributed by atoms with Crippen molar-refractivity contribution in [1.82, 2.24) is 19.5 Å². The van der Waals surface area contributed by atoms with Gasteiger partial charge in [-0.3, -0.25) is 0 Å². The van der Waals surface area contributed by atoms with Crippen molar-refractivity contribution in [3.8, 4) is 23.8 Å². The average molecular weight is 367 g/mol. The maximum atomic E-state index is 13.7. The van der Waals surface area contributed by atoms with Gasteiger partial charge in [0.1, 0.15) is 5.82 Å². The zero-order valence-electron chi connectivity index (χ0n) is 14.8. The molecule has 0 unspecified atom stereocenters. The molecule has 0 radical (unpaired) electrons. The van der Waals surface area contributed by atoms with Crippen molar-refractivity contribution >= 4 is 17.0 Å². The molecule has 4 rings (SSSR count). The van der Waals surface area contributed by atoms with Gasteiger partial charge in [0.25, 0.3) is 0 Å². The summed E-state index contributed by atoms with van der Waals surface area (Å²) in [6.07, 6.45) is 6.32. The van der Waals surface area contributed by atoms with Crippen LogP contribution in [0.1, 0.15) is 29.8 Å². The summed E-state index contributed by atoms with van der Waals surface area (Å²) in [6, 6.07) is 3.88. The SMILES string of the molecule is C#CCCCn1c(Cc2cc3c(cc2C)OCO3)nc2c(N)nc(F)nc21. The summed E-state index contributed by atoms with van der Waals surface area (Å²) >= 11 is 0. The third-order valence-corrected chi connectivity index (χ3v) is 4.56. The molecule has 3 aromatic rings. The number of benzene rings is 1. The first-order valence-corrected chi connectivity index (χ1v) is 8.57. The minimum Gasteiger partial charge on any atom is -0.454 e. The van der Waals surface area contributed by atoms with Crippen LogP contribution >= 0.6 is 0 Å². The van der Waals surface area contributed by atoms with Crippen molar-refractivity contribution in [2.75, 3.05) is 12.5 Å². The van der Waals surface area contributed by atoms with Crippen LogP contribution in [0.3, 0.4) is 0 Å². The van der Waals surface area contributed by atoms with E-state index < -0.39 is 6.08 Å². The van der Waals surface area contributed by atoms with Crippen LogP contribution in [-0.2, 0) is 13.0 Å². The van der Waals surface area contributed by atoms with Gasteiger partial charge in [0.2, 0.25) is 6.79 Å². The lowest BCUT2D eigenvalue weighted by atomic mass is 10.0. The fourth-order valence-corrected chi connectivity index (χ4v) is 3.19. The van der Waals surface area contributed by atoms with Gasteiger partial charge in [-0.05, 0) is 36.6 Å². The molecule has 7 nitrogen and oxygen atoms in total. The molecule has 0 spiro atoms. The second kappa shape index (κ2) is 6.76. The number of rotatable bonds is 5. The summed E-state index contributed by atoms with van der Waals surface area (Å²) in [5, 5.41) is 0. The van der Waals surface area contributed by atoms with Crippen LogP contribution in [0.2, 0.25) is 0 Å². The quantitative estimate of drug-likeness (QED) is 0.424. The maximum Gasteiger partial charge on any atom is 0.312 e. The van der Waals surface area contributed by atoms with Crippen LogP contribution in [0.4, 0.5) is 10.2 Å². The average Bonchev–Trinajstić information content (AvgIpc) is 3.20. The smallest absolute Gasteiger partial charge is 0.312 e. The first-order valence-electron chi connectivity index (χ1n) is 8.57. The maximum absolute atomic E-state index is 13.7. The number of nitrogen functional groups attached to an aromatic ring is 1. The molecule has 138 valence electrons. The van der Waals surface area contributed by atoms with Crippen molar-refractivity contribution in [2.45, 2.75) is 32.7 Å². The number of ether oxygens (including phenoxy) is 2. The fourth-order valence-electron chi connectivity index (χ4n) is 3.19. The molecule has 1 aliphatic heterocycles. The van der Waals surface area contributed by atoms with Gasteiger partial charge in [0.15, 0.2) is 28.5 Å². The number of halogens is 1. The molecule has 2 aromatic heterocycles. The van der Waals surface area contributed by atoms with Crippen LogP contribution in [-0.4, -0.2) is 26.3 Å². The van der Waals surface area contributed by atoms with Gasteiger partial charge < -0.3 is 19.8 Å². The number of fused-ring (bicyclic) bond motifs is 2. The van der Waals surface area contributed by atoms with Crippen LogP contribution in [0.15, 0.2) is 12.1 Å². The molecule has 0 atom stereocenters. The topological polar surface area (TPSA) is 88.1 Å². The summed E-state index contributed by atoms with van der Waals surface area (Å²) in [5.41, 5.74) is 8.70. The van der Waals surface area contributed by atoms with E-state index in [4.69, 9.17) is 21.6 Å². The zero-order valence-corrected chi connectivity index (χ0v) is 14.8. The van der Waals surface area contributed by atoms with Crippen molar-refractivity contribution in [1.29, 1.82) is 0 Å². The van der Waals surface area contributed by atoms with E-state index in [-0.39, 0.29) is 12.6 Å². The van der Waals surface area contributed by atoms with Gasteiger partial charge in [0.05, 0.1) is 0 Å². The van der Waals surface area contributed by atoms with Gasteiger partial charge in [-0.25, -0.2) is 4.98 Å². The Morgan fingerprint density at radius 2 is 2.04 bits per heavy atom. The van der Waals surface area contributed by atoms with E-state index in [1.54, 1.807) is 0 Å². The zero-order chi connectivity index (χ0) is 19.0. The Balaban J connectivity index is 1.77. The highest BCUT2D eigenvalue weighted by molar-refractivity contribution is 5.82. The Morgan fingerprint density at radius 1 is 1.26 bits per heavy atom. The Bertz CT molecular complexity index is 1070. The Kier molecular flexibility index (Phi) is 4.28. The van der Waals surface area contributed by atoms with E-state index in [0.29, 0.717) is 36.3 Å². The number of nitrogens with zero attached hydrogens (tertiary/aromatic N) is 4. The van der Waals surface area contributed by atoms with Gasteiger partial charge in [0, 0.05) is 19.4 Å². The molecular formula is C19H18FN5O2. The normalized spacial score (nSPS) is 12.5. The number of terminal acetylenes is 1. The van der Waals surface area contributed by atoms with Gasteiger partial charge in [-0.2, -0.15) is 14.4 Å². The van der Waals surface area contributed by atoms with Crippen LogP contribution in [0.25, 0.3) is 11.2 Å². The van der Waals surface area contributed by atoms with Crippen LogP contribution < -0.4 is 15.2 Å². The third kappa shape index (κ3) is 3.12. The highest BCUT2D eigenvalue weighted by Gasteiger charge is 2.20. The molecule has 0 saturated heterocycles. The number of unbranched alkanes of at least 4 members (excludes halogenated alkanes) is 1. The Morgan fingerprint density at radius 3 is 2.81 bits per heavy atom. The second-order valence-corrected chi connectivity index (χ2v) is 6.35. The summed E-state index contributed by atoms with van der Waals surface area (Å²) in [5.74, 6) is 4.79. The molecule has 27 heavy (non-hydrogen) atoms. The van der Waals surface area contributed by atoms with Crippen LogP contribution in [0.5, 0.6) is 11.5 Å². The summed E-state index contributed by atoms with van der Waals surface area (Å²) in [7, 11) is 0. The largest absolute Gasteiger partial charge is 0.454 e. The highest BCUT2D eigenvalue weighted by Crippen LogP contribution is 2.35.